The third kappa shape index (κ3) is 6.31. The summed E-state index contributed by atoms with van der Waals surface area (Å²) in [5.74, 6) is -6.22. The van der Waals surface area contributed by atoms with Gasteiger partial charge in [-0.1, -0.05) is 23.5 Å². The summed E-state index contributed by atoms with van der Waals surface area (Å²) in [5.41, 5.74) is 1.10. The van der Waals surface area contributed by atoms with Crippen molar-refractivity contribution in [1.29, 1.82) is 0 Å². The molecule has 2 aromatic carbocycles. The summed E-state index contributed by atoms with van der Waals surface area (Å²) in [6.07, 6.45) is -9.22. The fraction of sp³-hybridized carbons (Fsp3) is 0.0909. The molecule has 2 aliphatic rings. The van der Waals surface area contributed by atoms with Crippen molar-refractivity contribution >= 4 is 69.7 Å². The maximum Gasteiger partial charge on any atom is 0.454 e. The molecule has 0 unspecified atom stereocenters. The number of allylic oxidation sites excluding steroid dienone is 2. The number of carbonyl (C=O) groups is 4. The molecule has 2 amide bonds. The zero-order valence-corrected chi connectivity index (χ0v) is 20.0. The highest BCUT2D eigenvalue weighted by molar-refractivity contribution is 8.04. The molecule has 0 fully saturated rings. The molecular weight excluding hydrogens is 562 g/mol. The van der Waals surface area contributed by atoms with E-state index in [1.807, 2.05) is 0 Å². The van der Waals surface area contributed by atoms with E-state index in [1.165, 1.54) is 36.4 Å². The zero-order chi connectivity index (χ0) is 27.8. The number of hydrogen-bond acceptors (Lipinski definition) is 8. The average molecular weight is 574 g/mol. The van der Waals surface area contributed by atoms with Gasteiger partial charge in [-0.05, 0) is 36.4 Å². The third-order valence-corrected chi connectivity index (χ3v) is 6.72. The summed E-state index contributed by atoms with van der Waals surface area (Å²) < 4.78 is 74.8. The zero-order valence-electron chi connectivity index (χ0n) is 18.3. The van der Waals surface area contributed by atoms with Gasteiger partial charge < -0.3 is 21.3 Å². The number of fused-ring (bicyclic) bond motifs is 2. The van der Waals surface area contributed by atoms with Crippen molar-refractivity contribution < 1.29 is 45.5 Å². The van der Waals surface area contributed by atoms with Crippen molar-refractivity contribution in [2.45, 2.75) is 22.1 Å². The van der Waals surface area contributed by atoms with Gasteiger partial charge in [0.25, 0.3) is 11.6 Å². The number of benzene rings is 2. The Morgan fingerprint density at radius 3 is 1.37 bits per heavy atom. The number of hydrogen-bond donors (Lipinski definition) is 4. The van der Waals surface area contributed by atoms with Crippen molar-refractivity contribution in [3.05, 3.63) is 58.6 Å². The number of nitrogens with one attached hydrogen (secondary N) is 4. The van der Waals surface area contributed by atoms with Crippen LogP contribution in [0.1, 0.15) is 0 Å². The Balaban J connectivity index is 1.37. The van der Waals surface area contributed by atoms with Crippen LogP contribution < -0.4 is 21.3 Å². The second kappa shape index (κ2) is 10.1. The Labute approximate surface area is 217 Å². The van der Waals surface area contributed by atoms with E-state index in [2.05, 4.69) is 21.3 Å². The van der Waals surface area contributed by atoms with Crippen molar-refractivity contribution in [3.63, 3.8) is 0 Å². The molecule has 4 N–H and O–H groups in total. The fourth-order valence-electron chi connectivity index (χ4n) is 3.04. The highest BCUT2D eigenvalue weighted by Crippen LogP contribution is 2.43. The summed E-state index contributed by atoms with van der Waals surface area (Å²) >= 11 is 1.66. The van der Waals surface area contributed by atoms with Gasteiger partial charge in [0.05, 0.1) is 21.4 Å². The minimum atomic E-state index is -5.02. The minimum absolute atomic E-state index is 0.0618. The molecule has 2 heterocycles. The maximum absolute atomic E-state index is 12.5. The van der Waals surface area contributed by atoms with Gasteiger partial charge in [0.2, 0.25) is 0 Å². The Morgan fingerprint density at radius 1 is 0.658 bits per heavy atom. The largest absolute Gasteiger partial charge is 0.454 e. The Kier molecular flexibility index (Phi) is 7.20. The van der Waals surface area contributed by atoms with Crippen LogP contribution in [0.5, 0.6) is 0 Å². The number of ketones is 2. The van der Waals surface area contributed by atoms with E-state index in [0.717, 1.165) is 23.5 Å². The van der Waals surface area contributed by atoms with Crippen LogP contribution in [-0.2, 0) is 19.2 Å². The third-order valence-electron chi connectivity index (χ3n) is 4.72. The molecule has 2 aromatic rings. The quantitative estimate of drug-likeness (QED) is 0.223. The highest BCUT2D eigenvalue weighted by atomic mass is 32.2. The second-order valence-corrected chi connectivity index (χ2v) is 9.69. The summed E-state index contributed by atoms with van der Waals surface area (Å²) in [6.45, 7) is 0. The predicted molar refractivity (Wildman–Crippen MR) is 127 cm³/mol. The Hall–Kier alpha value is -3.92. The first-order valence-corrected chi connectivity index (χ1v) is 11.8. The fourth-order valence-corrected chi connectivity index (χ4v) is 5.00. The molecule has 0 spiro atoms. The number of thioether (sulfide) groups is 2. The van der Waals surface area contributed by atoms with Crippen LogP contribution in [0.2, 0.25) is 0 Å². The van der Waals surface area contributed by atoms with Crippen LogP contribution in [0, 0.1) is 0 Å². The SMILES string of the molecule is O=C(Nc1ccc2c(c1)S/C(=C/C(=O)C(F)(F)F)N2)C(=O)Nc1ccc2c(c1)S/C(=C/C(=O)C(F)(F)F)N2. The molecule has 0 aliphatic carbocycles. The van der Waals surface area contributed by atoms with E-state index < -0.39 is 35.7 Å². The van der Waals surface area contributed by atoms with Crippen molar-refractivity contribution in [2.24, 2.45) is 0 Å². The Bertz CT molecular complexity index is 1330. The number of amides is 2. The number of rotatable bonds is 4. The Morgan fingerprint density at radius 2 is 1.03 bits per heavy atom. The molecule has 38 heavy (non-hydrogen) atoms. The normalized spacial score (nSPS) is 16.4. The molecule has 2 aliphatic heterocycles. The van der Waals surface area contributed by atoms with E-state index >= 15 is 0 Å². The molecule has 0 radical (unpaired) electrons. The van der Waals surface area contributed by atoms with Crippen LogP contribution in [0.15, 0.2) is 68.4 Å². The van der Waals surface area contributed by atoms with Gasteiger partial charge in [-0.2, -0.15) is 26.3 Å². The number of halogens is 6. The van der Waals surface area contributed by atoms with E-state index in [-0.39, 0.29) is 21.4 Å². The van der Waals surface area contributed by atoms with Gasteiger partial charge in [0, 0.05) is 33.3 Å². The molecule has 0 saturated heterocycles. The summed E-state index contributed by atoms with van der Waals surface area (Å²) in [7, 11) is 0. The molecular formula is C22H12F6N4O4S2. The smallest absolute Gasteiger partial charge is 0.349 e. The van der Waals surface area contributed by atoms with Crippen molar-refractivity contribution in [2.75, 3.05) is 21.3 Å². The first-order valence-electron chi connectivity index (χ1n) is 10.1. The van der Waals surface area contributed by atoms with E-state index in [0.29, 0.717) is 33.3 Å². The number of carbonyl (C=O) groups excluding carboxylic acids is 4. The molecule has 4 rings (SSSR count). The number of alkyl halides is 6. The van der Waals surface area contributed by atoms with E-state index in [1.54, 1.807) is 0 Å². The minimum Gasteiger partial charge on any atom is -0.349 e. The van der Waals surface area contributed by atoms with Gasteiger partial charge in [0.15, 0.2) is 0 Å². The van der Waals surface area contributed by atoms with Crippen molar-refractivity contribution in [3.8, 4) is 0 Å². The molecule has 0 aromatic heterocycles. The van der Waals surface area contributed by atoms with Crippen molar-refractivity contribution in [1.82, 2.24) is 0 Å². The molecule has 0 saturated carbocycles. The van der Waals surface area contributed by atoms with Gasteiger partial charge in [0.1, 0.15) is 0 Å². The highest BCUT2D eigenvalue weighted by Gasteiger charge is 2.38. The van der Waals surface area contributed by atoms with Gasteiger partial charge in [-0.3, -0.25) is 19.2 Å². The van der Waals surface area contributed by atoms with Crippen LogP contribution in [0.4, 0.5) is 49.1 Å². The van der Waals surface area contributed by atoms with Gasteiger partial charge in [-0.15, -0.1) is 0 Å². The van der Waals surface area contributed by atoms with Gasteiger partial charge >= 0.3 is 24.2 Å². The van der Waals surface area contributed by atoms with Gasteiger partial charge in [-0.25, -0.2) is 0 Å². The predicted octanol–water partition coefficient (Wildman–Crippen LogP) is 5.24. The topological polar surface area (TPSA) is 116 Å². The first kappa shape index (κ1) is 27.1. The second-order valence-electron chi connectivity index (χ2n) is 7.53. The van der Waals surface area contributed by atoms with Crippen LogP contribution >= 0.6 is 23.5 Å². The first-order chi connectivity index (χ1) is 17.7. The molecule has 198 valence electrons. The van der Waals surface area contributed by atoms with Crippen LogP contribution in [0.3, 0.4) is 0 Å². The van der Waals surface area contributed by atoms with Crippen LogP contribution in [0.25, 0.3) is 0 Å². The molecule has 16 heteroatoms. The number of anilines is 4. The molecule has 0 atom stereocenters. The lowest BCUT2D eigenvalue weighted by molar-refractivity contribution is -0.165. The lowest BCUT2D eigenvalue weighted by Gasteiger charge is -2.08. The standard InChI is InChI=1S/C22H12F6N4O4S2/c23-21(24,25)15(33)7-17-31-11-3-1-9(5-13(11)37-17)29-19(35)20(36)30-10-2-4-12-14(6-10)38-18(32-12)8-16(34)22(26,27)28/h1-8,31-32H,(H,29,35)(H,30,36)/b17-7+,18-8+. The monoisotopic (exact) mass is 574 g/mol. The lowest BCUT2D eigenvalue weighted by atomic mass is 10.2. The summed E-state index contributed by atoms with van der Waals surface area (Å²) in [4.78, 5) is 47.8. The molecule has 8 nitrogen and oxygen atoms in total. The van der Waals surface area contributed by atoms with E-state index in [4.69, 9.17) is 0 Å². The maximum atomic E-state index is 12.5. The van der Waals surface area contributed by atoms with E-state index in [9.17, 15) is 45.5 Å². The lowest BCUT2D eigenvalue weighted by Crippen LogP contribution is -2.29. The average Bonchev–Trinajstić information content (AvgIpc) is 3.39. The summed E-state index contributed by atoms with van der Waals surface area (Å²) in [6, 6.07) is 8.44. The molecule has 0 bridgehead atoms. The van der Waals surface area contributed by atoms with Crippen LogP contribution in [-0.4, -0.2) is 35.7 Å². The summed E-state index contributed by atoms with van der Waals surface area (Å²) in [5, 5.41) is 9.83.